The van der Waals surface area contributed by atoms with Crippen LogP contribution in [0.25, 0.3) is 88.3 Å². The highest BCUT2D eigenvalue weighted by atomic mass is 15.7. The Balaban J connectivity index is 1.09. The van der Waals surface area contributed by atoms with E-state index in [1.54, 1.807) is 0 Å². The minimum atomic E-state index is -0.0722. The Labute approximate surface area is 324 Å². The van der Waals surface area contributed by atoms with Gasteiger partial charge in [0.1, 0.15) is 24.1 Å². The van der Waals surface area contributed by atoms with Gasteiger partial charge in [0.25, 0.3) is 0 Å². The van der Waals surface area contributed by atoms with Crippen molar-refractivity contribution in [1.29, 1.82) is 0 Å². The molecule has 13 rings (SSSR count). The van der Waals surface area contributed by atoms with Gasteiger partial charge in [-0.2, -0.15) is 0 Å². The molecule has 56 heavy (non-hydrogen) atoms. The van der Waals surface area contributed by atoms with Crippen LogP contribution in [0.4, 0.5) is 11.4 Å². The first-order valence-corrected chi connectivity index (χ1v) is 19.6. The fourth-order valence-electron chi connectivity index (χ4n) is 10.7. The molecule has 2 atom stereocenters. The zero-order chi connectivity index (χ0) is 36.8. The van der Waals surface area contributed by atoms with E-state index in [0.29, 0.717) is 11.1 Å². The van der Waals surface area contributed by atoms with Crippen LogP contribution in [0.3, 0.4) is 0 Å². The maximum atomic E-state index is 5.65. The van der Waals surface area contributed by atoms with E-state index in [9.17, 15) is 0 Å². The maximum Gasteiger partial charge on any atom is 0.148 e. The van der Waals surface area contributed by atoms with Gasteiger partial charge >= 0.3 is 0 Å². The first kappa shape index (κ1) is 30.4. The summed E-state index contributed by atoms with van der Waals surface area (Å²) in [4.78, 5) is 9.75. The molecule has 2 aliphatic carbocycles. The summed E-state index contributed by atoms with van der Waals surface area (Å²) < 4.78 is 0.339. The quantitative estimate of drug-likeness (QED) is 0.135. The first-order valence-electron chi connectivity index (χ1n) is 19.6. The molecule has 0 amide bonds. The Morgan fingerprint density at radius 1 is 0.661 bits per heavy atom. The van der Waals surface area contributed by atoms with Crippen LogP contribution in [0.5, 0.6) is 0 Å². The minimum absolute atomic E-state index is 0.0722. The van der Waals surface area contributed by atoms with Gasteiger partial charge in [-0.05, 0) is 113 Å². The van der Waals surface area contributed by atoms with Crippen molar-refractivity contribution in [2.24, 2.45) is 0 Å². The zero-order valence-electron chi connectivity index (χ0n) is 30.8. The standard InChI is InChI=1S/C52H34N4/c1-52-25-7-12-41-38(21-22-42(48(41)52)39-10-2-4-13-44(39)52)36-28-35(37-19-17-33-16-15-31-8-6-9-32-18-20-40(37)47(33)46(31)32)29-56(30-36)51-49(34-23-26-53-27-24-34)54-45-14-5-3-11-43(45)50(51)55-56/h2-24,26-28,30H,25,29H2,1H3/t52-,56?/m0/s1. The van der Waals surface area contributed by atoms with E-state index in [1.807, 2.05) is 12.4 Å². The van der Waals surface area contributed by atoms with E-state index >= 15 is 0 Å². The molecule has 0 radical (unpaired) electrons. The summed E-state index contributed by atoms with van der Waals surface area (Å²) in [5.74, 6) is 0. The summed E-state index contributed by atoms with van der Waals surface area (Å²) in [5, 5.41) is 8.85. The first-order chi connectivity index (χ1) is 27.6. The maximum absolute atomic E-state index is 5.65. The van der Waals surface area contributed by atoms with E-state index in [2.05, 4.69) is 164 Å². The summed E-state index contributed by atoms with van der Waals surface area (Å²) >= 11 is 0. The predicted octanol–water partition coefficient (Wildman–Crippen LogP) is 13.3. The van der Waals surface area contributed by atoms with Crippen molar-refractivity contribution in [2.45, 2.75) is 18.8 Å². The van der Waals surface area contributed by atoms with Gasteiger partial charge in [0.15, 0.2) is 0 Å². The fraction of sp³-hybridized carbons (Fsp3) is 0.0769. The molecule has 0 N–H and O–H groups in total. The second kappa shape index (κ2) is 10.7. The van der Waals surface area contributed by atoms with E-state index in [-0.39, 0.29) is 5.41 Å². The number of quaternary nitrogens is 1. The number of allylic oxidation sites excluding steroid dienone is 3. The van der Waals surface area contributed by atoms with Crippen molar-refractivity contribution in [3.05, 3.63) is 191 Å². The number of rotatable bonds is 3. The Morgan fingerprint density at radius 3 is 2.30 bits per heavy atom. The van der Waals surface area contributed by atoms with Crippen molar-refractivity contribution in [3.63, 3.8) is 0 Å². The fourth-order valence-corrected chi connectivity index (χ4v) is 10.7. The second-order valence-corrected chi connectivity index (χ2v) is 16.2. The highest BCUT2D eigenvalue weighted by Crippen LogP contribution is 2.62. The zero-order valence-corrected chi connectivity index (χ0v) is 30.8. The molecule has 7 aromatic carbocycles. The monoisotopic (exact) mass is 714 g/mol. The van der Waals surface area contributed by atoms with Crippen molar-refractivity contribution in [1.82, 2.24) is 14.6 Å². The number of pyridine rings is 2. The lowest BCUT2D eigenvalue weighted by Gasteiger charge is -2.58. The number of fused-ring (bicyclic) bond motifs is 7. The van der Waals surface area contributed by atoms with E-state index in [0.717, 1.165) is 40.0 Å². The highest BCUT2D eigenvalue weighted by Gasteiger charge is 2.44. The highest BCUT2D eigenvalue weighted by molar-refractivity contribution is 6.25. The molecule has 1 unspecified atom stereocenters. The average Bonchev–Trinajstić information content (AvgIpc) is 3.51. The predicted molar refractivity (Wildman–Crippen MR) is 233 cm³/mol. The van der Waals surface area contributed by atoms with Gasteiger partial charge in [0, 0.05) is 34.5 Å². The van der Waals surface area contributed by atoms with Crippen LogP contribution in [-0.2, 0) is 5.41 Å². The lowest BCUT2D eigenvalue weighted by atomic mass is 9.71. The largest absolute Gasteiger partial charge is 0.471 e. The van der Waals surface area contributed by atoms with Gasteiger partial charge < -0.3 is 10.0 Å². The van der Waals surface area contributed by atoms with E-state index < -0.39 is 0 Å². The van der Waals surface area contributed by atoms with Crippen molar-refractivity contribution < 1.29 is 0 Å². The molecule has 0 bridgehead atoms. The van der Waals surface area contributed by atoms with E-state index in [1.165, 1.54) is 82.4 Å². The Hall–Kier alpha value is -6.88. The molecule has 2 aromatic heterocycles. The Morgan fingerprint density at radius 2 is 1.41 bits per heavy atom. The molecule has 0 saturated carbocycles. The lowest BCUT2D eigenvalue weighted by molar-refractivity contribution is 0.492. The van der Waals surface area contributed by atoms with Gasteiger partial charge in [-0.3, -0.25) is 4.98 Å². The lowest BCUT2D eigenvalue weighted by Crippen LogP contribution is -2.47. The summed E-state index contributed by atoms with van der Waals surface area (Å²) in [6, 6.07) is 46.8. The summed E-state index contributed by atoms with van der Waals surface area (Å²) in [6.07, 6.45) is 14.4. The molecule has 9 aromatic rings. The molecule has 0 saturated heterocycles. The normalized spacial score (nSPS) is 20.2. The molecule has 4 aliphatic rings. The van der Waals surface area contributed by atoms with Gasteiger partial charge in [-0.15, -0.1) is 0 Å². The van der Waals surface area contributed by atoms with Crippen LogP contribution in [0.15, 0.2) is 158 Å². The number of nitrogens with zero attached hydrogens (tertiary/aromatic N) is 4. The van der Waals surface area contributed by atoms with Gasteiger partial charge in [0.05, 0.1) is 5.52 Å². The molecule has 4 nitrogen and oxygen atoms in total. The topological polar surface area (TPSA) is 39.9 Å². The SMILES string of the molecule is C[C@@]12CC=Cc3c(C4=C[N+]5(CC(c6ccc7ccc8cccc9ccc6c7c89)=C4)[N-]c4c5c(-c5ccncc5)nc5ccccc45)ccc(c31)-c1ccccc12. The number of benzene rings is 7. The van der Waals surface area contributed by atoms with E-state index in [4.69, 9.17) is 10.4 Å². The summed E-state index contributed by atoms with van der Waals surface area (Å²) in [5.41, 5.74) is 22.6. The molecule has 4 heterocycles. The third-order valence-corrected chi connectivity index (χ3v) is 13.2. The van der Waals surface area contributed by atoms with Crippen LogP contribution in [0.1, 0.15) is 41.2 Å². The summed E-state index contributed by atoms with van der Waals surface area (Å²) in [6.45, 7) is 3.11. The van der Waals surface area contributed by atoms with Crippen molar-refractivity contribution in [2.75, 3.05) is 6.54 Å². The van der Waals surface area contributed by atoms with Crippen molar-refractivity contribution >= 4 is 71.8 Å². The molecular weight excluding hydrogens is 681 g/mol. The molecule has 2 aliphatic heterocycles. The molecule has 4 heteroatoms. The molecule has 262 valence electrons. The molecule has 1 spiro atoms. The van der Waals surface area contributed by atoms with Crippen LogP contribution < -0.4 is 4.59 Å². The van der Waals surface area contributed by atoms with Crippen LogP contribution in [0, 0.1) is 0 Å². The van der Waals surface area contributed by atoms with Crippen LogP contribution in [-0.4, -0.2) is 16.5 Å². The average molecular weight is 715 g/mol. The molecular formula is C52H34N4. The Kier molecular flexibility index (Phi) is 5.79. The second-order valence-electron chi connectivity index (χ2n) is 16.2. The number of para-hydroxylation sites is 1. The van der Waals surface area contributed by atoms with Gasteiger partial charge in [-0.1, -0.05) is 128 Å². The Bertz CT molecular complexity index is 3280. The van der Waals surface area contributed by atoms with Crippen LogP contribution >= 0.6 is 0 Å². The molecule has 0 fully saturated rings. The number of hydrogen-bond acceptors (Lipinski definition) is 2. The van der Waals surface area contributed by atoms with Crippen LogP contribution in [0.2, 0.25) is 0 Å². The third-order valence-electron chi connectivity index (χ3n) is 13.2. The third kappa shape index (κ3) is 3.86. The van der Waals surface area contributed by atoms with Gasteiger partial charge in [0.2, 0.25) is 0 Å². The number of aromatic nitrogens is 2. The smallest absolute Gasteiger partial charge is 0.148 e. The van der Waals surface area contributed by atoms with Gasteiger partial charge in [-0.25, -0.2) is 4.98 Å². The number of hydrogen-bond donors (Lipinski definition) is 0. The van der Waals surface area contributed by atoms with Crippen molar-refractivity contribution in [3.8, 4) is 22.4 Å². The minimum Gasteiger partial charge on any atom is -0.471 e. The summed E-state index contributed by atoms with van der Waals surface area (Å²) in [7, 11) is 0.